The molecule has 0 atom stereocenters. The summed E-state index contributed by atoms with van der Waals surface area (Å²) in [4.78, 5) is 8.66. The number of para-hydroxylation sites is 2. The van der Waals surface area contributed by atoms with E-state index in [9.17, 15) is 16.8 Å². The fourth-order valence-corrected chi connectivity index (χ4v) is 4.51. The fourth-order valence-electron chi connectivity index (χ4n) is 2.94. The van der Waals surface area contributed by atoms with E-state index < -0.39 is 20.0 Å². The maximum atomic E-state index is 13.0. The quantitative estimate of drug-likeness (QED) is 0.246. The summed E-state index contributed by atoms with van der Waals surface area (Å²) < 4.78 is 51.3. The van der Waals surface area contributed by atoms with Crippen molar-refractivity contribution in [1.29, 1.82) is 0 Å². The van der Waals surface area contributed by atoms with E-state index in [0.29, 0.717) is 16.7 Å². The minimum Gasteiger partial charge on any atom is -0.337 e. The number of anilines is 4. The Bertz CT molecular complexity index is 1540. The molecule has 0 radical (unpaired) electrons. The summed E-state index contributed by atoms with van der Waals surface area (Å²) in [5.41, 5.74) is 3.49. The molecule has 1 aromatic heterocycles. The van der Waals surface area contributed by atoms with Gasteiger partial charge in [0.2, 0.25) is 10.0 Å². The number of sulfonamides is 2. The molecule has 0 bridgehead atoms. The highest BCUT2D eigenvalue weighted by Crippen LogP contribution is 2.28. The van der Waals surface area contributed by atoms with Crippen molar-refractivity contribution in [2.24, 2.45) is 5.14 Å². The van der Waals surface area contributed by atoms with Crippen LogP contribution in [-0.4, -0.2) is 32.0 Å². The van der Waals surface area contributed by atoms with Gasteiger partial charge in [-0.1, -0.05) is 18.2 Å². The minimum atomic E-state index is -4.09. The number of nitrogens with one attached hydrogen (secondary N) is 3. The number of nitrogens with zero attached hydrogens (tertiary/aromatic N) is 2. The standard InChI is InChI=1S/C20H18N6O5S2/c21-32(28,29)15-10-8-13(9-11-15)22-19-20(24-18-7-2-1-6-17(18)23-19)26-33(30,31)16-5-3-4-14(12-16)25-27/h1-12,25,27H,(H,22,23)(H,24,26)(H2,21,28,29). The van der Waals surface area contributed by atoms with Crippen LogP contribution in [0.3, 0.4) is 0 Å². The molecule has 0 fully saturated rings. The van der Waals surface area contributed by atoms with Crippen molar-refractivity contribution < 1.29 is 22.0 Å². The van der Waals surface area contributed by atoms with Gasteiger partial charge in [-0.05, 0) is 54.6 Å². The van der Waals surface area contributed by atoms with Gasteiger partial charge in [-0.2, -0.15) is 0 Å². The minimum absolute atomic E-state index is 0.0732. The molecule has 4 rings (SSSR count). The predicted molar refractivity (Wildman–Crippen MR) is 123 cm³/mol. The molecule has 170 valence electrons. The second-order valence-corrected chi connectivity index (χ2v) is 10.1. The predicted octanol–water partition coefficient (Wildman–Crippen LogP) is 2.62. The molecule has 0 aliphatic rings. The van der Waals surface area contributed by atoms with E-state index >= 15 is 0 Å². The van der Waals surface area contributed by atoms with Crippen molar-refractivity contribution in [3.8, 4) is 0 Å². The summed E-state index contributed by atoms with van der Waals surface area (Å²) in [6.45, 7) is 0. The van der Waals surface area contributed by atoms with Crippen LogP contribution in [0.15, 0.2) is 82.6 Å². The van der Waals surface area contributed by atoms with Crippen LogP contribution >= 0.6 is 0 Å². The van der Waals surface area contributed by atoms with Crippen LogP contribution in [0.4, 0.5) is 23.0 Å². The van der Waals surface area contributed by atoms with Crippen LogP contribution in [0, 0.1) is 0 Å². The van der Waals surface area contributed by atoms with Gasteiger partial charge < -0.3 is 5.32 Å². The molecule has 33 heavy (non-hydrogen) atoms. The van der Waals surface area contributed by atoms with Crippen molar-refractivity contribution >= 4 is 54.1 Å². The summed E-state index contributed by atoms with van der Waals surface area (Å²) in [6.07, 6.45) is 0. The Balaban J connectivity index is 1.75. The maximum Gasteiger partial charge on any atom is 0.263 e. The summed E-state index contributed by atoms with van der Waals surface area (Å²) in [7, 11) is -7.96. The van der Waals surface area contributed by atoms with Crippen LogP contribution in [0.2, 0.25) is 0 Å². The molecule has 3 aromatic carbocycles. The summed E-state index contributed by atoms with van der Waals surface area (Å²) in [5, 5.41) is 17.1. The summed E-state index contributed by atoms with van der Waals surface area (Å²) in [6, 6.07) is 18.0. The molecule has 4 aromatic rings. The zero-order valence-corrected chi connectivity index (χ0v) is 18.4. The molecular weight excluding hydrogens is 468 g/mol. The summed E-state index contributed by atoms with van der Waals surface area (Å²) >= 11 is 0. The first-order valence-electron chi connectivity index (χ1n) is 9.35. The van der Waals surface area contributed by atoms with Crippen molar-refractivity contribution in [2.75, 3.05) is 15.5 Å². The highest BCUT2D eigenvalue weighted by atomic mass is 32.2. The molecule has 0 aliphatic carbocycles. The van der Waals surface area contributed by atoms with Crippen molar-refractivity contribution in [3.05, 3.63) is 72.8 Å². The van der Waals surface area contributed by atoms with E-state index in [1.165, 1.54) is 48.5 Å². The number of primary sulfonamides is 1. The Labute approximate surface area is 189 Å². The van der Waals surface area contributed by atoms with Gasteiger partial charge in [-0.15, -0.1) is 0 Å². The van der Waals surface area contributed by atoms with E-state index in [1.807, 2.05) is 5.48 Å². The highest BCUT2D eigenvalue weighted by Gasteiger charge is 2.20. The van der Waals surface area contributed by atoms with Gasteiger partial charge in [0.1, 0.15) is 0 Å². The first-order valence-corrected chi connectivity index (χ1v) is 12.4. The smallest absolute Gasteiger partial charge is 0.263 e. The topological polar surface area (TPSA) is 176 Å². The lowest BCUT2D eigenvalue weighted by Gasteiger charge is -2.14. The number of rotatable bonds is 7. The third kappa shape index (κ3) is 5.01. The third-order valence-corrected chi connectivity index (χ3v) is 6.79. The Hall–Kier alpha value is -3.78. The third-order valence-electron chi connectivity index (χ3n) is 4.52. The molecule has 13 heteroatoms. The maximum absolute atomic E-state index is 13.0. The average molecular weight is 487 g/mol. The lowest BCUT2D eigenvalue weighted by molar-refractivity contribution is 0.388. The van der Waals surface area contributed by atoms with Gasteiger partial charge in [-0.3, -0.25) is 15.4 Å². The van der Waals surface area contributed by atoms with Crippen molar-refractivity contribution in [3.63, 3.8) is 0 Å². The monoisotopic (exact) mass is 486 g/mol. The van der Waals surface area contributed by atoms with Gasteiger partial charge >= 0.3 is 0 Å². The molecule has 11 nitrogen and oxygen atoms in total. The molecule has 0 amide bonds. The van der Waals surface area contributed by atoms with Crippen LogP contribution in [0.5, 0.6) is 0 Å². The zero-order valence-electron chi connectivity index (χ0n) is 16.8. The number of hydrogen-bond acceptors (Lipinski definition) is 9. The van der Waals surface area contributed by atoms with Gasteiger partial charge in [0.05, 0.1) is 26.5 Å². The van der Waals surface area contributed by atoms with Gasteiger partial charge in [0, 0.05) is 5.69 Å². The van der Waals surface area contributed by atoms with Gasteiger partial charge in [-0.25, -0.2) is 31.9 Å². The van der Waals surface area contributed by atoms with Gasteiger partial charge in [0.25, 0.3) is 10.0 Å². The SMILES string of the molecule is NS(=O)(=O)c1ccc(Nc2nc3ccccc3nc2NS(=O)(=O)c2cccc(NO)c2)cc1. The molecule has 1 heterocycles. The van der Waals surface area contributed by atoms with E-state index in [0.717, 1.165) is 0 Å². The van der Waals surface area contributed by atoms with E-state index in [2.05, 4.69) is 20.0 Å². The van der Waals surface area contributed by atoms with Crippen LogP contribution in [0.25, 0.3) is 11.0 Å². The summed E-state index contributed by atoms with van der Waals surface area (Å²) in [5.74, 6) is 0.0173. The lowest BCUT2D eigenvalue weighted by atomic mass is 10.3. The molecule has 0 unspecified atom stereocenters. The fraction of sp³-hybridized carbons (Fsp3) is 0. The molecule has 0 aliphatic heterocycles. The Kier molecular flexibility index (Phi) is 5.86. The number of nitrogens with two attached hydrogens (primary N) is 1. The Morgan fingerprint density at radius 3 is 1.97 bits per heavy atom. The molecule has 6 N–H and O–H groups in total. The largest absolute Gasteiger partial charge is 0.337 e. The Morgan fingerprint density at radius 2 is 1.36 bits per heavy atom. The number of hydrogen-bond donors (Lipinski definition) is 5. The Morgan fingerprint density at radius 1 is 0.727 bits per heavy atom. The second kappa shape index (κ2) is 8.63. The normalized spacial score (nSPS) is 11.8. The highest BCUT2D eigenvalue weighted by molar-refractivity contribution is 7.92. The van der Waals surface area contributed by atoms with Crippen LogP contribution in [-0.2, 0) is 20.0 Å². The molecule has 0 saturated carbocycles. The second-order valence-electron chi connectivity index (χ2n) is 6.85. The number of fused-ring (bicyclic) bond motifs is 1. The molecule has 0 saturated heterocycles. The van der Waals surface area contributed by atoms with Crippen LogP contribution in [0.1, 0.15) is 0 Å². The van der Waals surface area contributed by atoms with E-state index in [-0.39, 0.29) is 27.1 Å². The number of benzene rings is 3. The van der Waals surface area contributed by atoms with Crippen molar-refractivity contribution in [2.45, 2.75) is 9.79 Å². The zero-order chi connectivity index (χ0) is 23.6. The molecule has 0 spiro atoms. The van der Waals surface area contributed by atoms with E-state index in [1.54, 1.807) is 24.3 Å². The number of aromatic nitrogens is 2. The van der Waals surface area contributed by atoms with E-state index in [4.69, 9.17) is 10.3 Å². The molecular formula is C20H18N6O5S2. The average Bonchev–Trinajstić information content (AvgIpc) is 2.79. The van der Waals surface area contributed by atoms with Gasteiger partial charge in [0.15, 0.2) is 11.6 Å². The van der Waals surface area contributed by atoms with Crippen molar-refractivity contribution in [1.82, 2.24) is 9.97 Å². The first kappa shape index (κ1) is 22.4. The lowest BCUT2D eigenvalue weighted by Crippen LogP contribution is -2.16. The first-order chi connectivity index (χ1) is 15.7. The van der Waals surface area contributed by atoms with Crippen LogP contribution < -0.4 is 20.7 Å².